The molecular formula is C21H24N2O5. The van der Waals surface area contributed by atoms with Crippen LogP contribution in [-0.4, -0.2) is 37.2 Å². The summed E-state index contributed by atoms with van der Waals surface area (Å²) in [6.07, 6.45) is 0.735. The van der Waals surface area contributed by atoms with E-state index in [0.717, 1.165) is 17.5 Å². The Morgan fingerprint density at radius 1 is 0.964 bits per heavy atom. The van der Waals surface area contributed by atoms with Crippen molar-refractivity contribution in [1.82, 2.24) is 10.6 Å². The second-order valence-corrected chi connectivity index (χ2v) is 6.14. The van der Waals surface area contributed by atoms with E-state index in [-0.39, 0.29) is 12.6 Å². The van der Waals surface area contributed by atoms with Gasteiger partial charge in [-0.1, -0.05) is 55.5 Å². The van der Waals surface area contributed by atoms with Crippen molar-refractivity contribution in [3.63, 3.8) is 0 Å². The Bertz CT molecular complexity index is 807. The van der Waals surface area contributed by atoms with Gasteiger partial charge in [-0.05, 0) is 25.0 Å². The van der Waals surface area contributed by atoms with E-state index < -0.39 is 24.5 Å². The van der Waals surface area contributed by atoms with Crippen molar-refractivity contribution in [2.24, 2.45) is 0 Å². The summed E-state index contributed by atoms with van der Waals surface area (Å²) in [6.45, 7) is 2.81. The van der Waals surface area contributed by atoms with Crippen molar-refractivity contribution >= 4 is 17.9 Å². The van der Waals surface area contributed by atoms with E-state index in [0.29, 0.717) is 5.75 Å². The molecule has 0 aliphatic rings. The molecule has 7 heteroatoms. The number of benzene rings is 2. The summed E-state index contributed by atoms with van der Waals surface area (Å²) in [6, 6.07) is 16.3. The number of carbonyl (C=O) groups is 3. The highest BCUT2D eigenvalue weighted by Crippen LogP contribution is 2.29. The highest BCUT2D eigenvalue weighted by atomic mass is 16.6. The van der Waals surface area contributed by atoms with Crippen LogP contribution in [0.3, 0.4) is 0 Å². The van der Waals surface area contributed by atoms with E-state index >= 15 is 0 Å². The maximum atomic E-state index is 11.9. The molecule has 0 bridgehead atoms. The lowest BCUT2D eigenvalue weighted by atomic mass is 10.1. The second-order valence-electron chi connectivity index (χ2n) is 6.14. The zero-order valence-corrected chi connectivity index (χ0v) is 15.9. The minimum atomic E-state index is -0.709. The van der Waals surface area contributed by atoms with Crippen LogP contribution in [0.2, 0.25) is 0 Å². The van der Waals surface area contributed by atoms with Gasteiger partial charge < -0.3 is 14.8 Å². The summed E-state index contributed by atoms with van der Waals surface area (Å²) in [5, 5.41) is 4.68. The summed E-state index contributed by atoms with van der Waals surface area (Å²) in [4.78, 5) is 35.0. The Labute approximate surface area is 164 Å². The topological polar surface area (TPSA) is 93.7 Å². The zero-order valence-electron chi connectivity index (χ0n) is 15.9. The fourth-order valence-corrected chi connectivity index (χ4v) is 2.30. The predicted octanol–water partition coefficient (Wildman–Crippen LogP) is 2.90. The summed E-state index contributed by atoms with van der Waals surface area (Å²) in [5.41, 5.74) is 1.80. The van der Waals surface area contributed by atoms with E-state index in [2.05, 4.69) is 10.6 Å². The number of carbonyl (C=O) groups excluding carboxylic acids is 3. The molecule has 0 heterocycles. The molecular weight excluding hydrogens is 360 g/mol. The quantitative estimate of drug-likeness (QED) is 0.683. The predicted molar refractivity (Wildman–Crippen MR) is 105 cm³/mol. The molecule has 3 amide bonds. The third kappa shape index (κ3) is 6.75. The van der Waals surface area contributed by atoms with E-state index in [9.17, 15) is 14.4 Å². The Kier molecular flexibility index (Phi) is 8.02. The molecule has 0 saturated carbocycles. The van der Waals surface area contributed by atoms with Gasteiger partial charge in [-0.15, -0.1) is 0 Å². The van der Waals surface area contributed by atoms with Gasteiger partial charge in [0.2, 0.25) is 0 Å². The van der Waals surface area contributed by atoms with Gasteiger partial charge in [-0.3, -0.25) is 10.1 Å². The van der Waals surface area contributed by atoms with Crippen LogP contribution >= 0.6 is 0 Å². The number of urea groups is 1. The molecule has 2 rings (SSSR count). The van der Waals surface area contributed by atoms with E-state index in [1.54, 1.807) is 12.1 Å². The first kappa shape index (κ1) is 21.0. The molecule has 0 fully saturated rings. The number of rotatable bonds is 8. The minimum Gasteiger partial charge on any atom is -0.481 e. The van der Waals surface area contributed by atoms with Crippen molar-refractivity contribution in [2.75, 3.05) is 13.2 Å². The average Bonchev–Trinajstić information content (AvgIpc) is 2.71. The van der Waals surface area contributed by atoms with E-state index in [4.69, 9.17) is 9.47 Å². The van der Waals surface area contributed by atoms with E-state index in [1.165, 1.54) is 0 Å². The van der Waals surface area contributed by atoms with Gasteiger partial charge in [0.15, 0.2) is 13.2 Å². The molecule has 28 heavy (non-hydrogen) atoms. The molecule has 2 aromatic rings. The van der Waals surface area contributed by atoms with Gasteiger partial charge in [0.05, 0.1) is 0 Å². The normalized spacial score (nSPS) is 11.2. The molecule has 0 aliphatic heterocycles. The second kappa shape index (κ2) is 10.7. The van der Waals surface area contributed by atoms with Crippen LogP contribution in [0.4, 0.5) is 4.79 Å². The fourth-order valence-electron chi connectivity index (χ4n) is 2.30. The lowest BCUT2D eigenvalue weighted by Crippen LogP contribution is -2.44. The summed E-state index contributed by atoms with van der Waals surface area (Å²) < 4.78 is 10.4. The monoisotopic (exact) mass is 384 g/mol. The fraction of sp³-hybridized carbons (Fsp3) is 0.286. The van der Waals surface area contributed by atoms with Crippen molar-refractivity contribution in [3.8, 4) is 16.9 Å². The van der Waals surface area contributed by atoms with Crippen molar-refractivity contribution in [1.29, 1.82) is 0 Å². The molecule has 2 N–H and O–H groups in total. The first-order valence-corrected chi connectivity index (χ1v) is 9.02. The third-order valence-corrected chi connectivity index (χ3v) is 3.92. The number of hydrogen-bond donors (Lipinski definition) is 2. The highest BCUT2D eigenvalue weighted by Gasteiger charge is 2.13. The van der Waals surface area contributed by atoms with Crippen molar-refractivity contribution in [3.05, 3.63) is 54.6 Å². The Morgan fingerprint density at radius 2 is 1.64 bits per heavy atom. The lowest BCUT2D eigenvalue weighted by Gasteiger charge is -2.12. The Hall–Kier alpha value is -3.35. The first-order chi connectivity index (χ1) is 13.5. The molecule has 0 spiro atoms. The summed E-state index contributed by atoms with van der Waals surface area (Å²) in [7, 11) is 0. The zero-order chi connectivity index (χ0) is 20.4. The Balaban J connectivity index is 1.81. The van der Waals surface area contributed by atoms with Crippen LogP contribution in [0.5, 0.6) is 5.75 Å². The third-order valence-electron chi connectivity index (χ3n) is 3.92. The summed E-state index contributed by atoms with van der Waals surface area (Å²) in [5.74, 6) is -0.887. The van der Waals surface area contributed by atoms with Crippen LogP contribution < -0.4 is 15.4 Å². The maximum absolute atomic E-state index is 11.9. The van der Waals surface area contributed by atoms with E-state index in [1.807, 2.05) is 56.3 Å². The molecule has 7 nitrogen and oxygen atoms in total. The number of para-hydroxylation sites is 1. The molecule has 0 unspecified atom stereocenters. The number of hydrogen-bond acceptors (Lipinski definition) is 5. The molecule has 0 saturated heterocycles. The van der Waals surface area contributed by atoms with Gasteiger partial charge in [0.25, 0.3) is 5.91 Å². The molecule has 0 aliphatic carbocycles. The average molecular weight is 384 g/mol. The summed E-state index contributed by atoms with van der Waals surface area (Å²) >= 11 is 0. The van der Waals surface area contributed by atoms with Gasteiger partial charge >= 0.3 is 12.0 Å². The van der Waals surface area contributed by atoms with Crippen LogP contribution in [0, 0.1) is 0 Å². The first-order valence-electron chi connectivity index (χ1n) is 9.02. The van der Waals surface area contributed by atoms with Gasteiger partial charge in [0, 0.05) is 11.6 Å². The number of esters is 1. The van der Waals surface area contributed by atoms with Crippen molar-refractivity contribution in [2.45, 2.75) is 26.3 Å². The molecule has 0 aromatic heterocycles. The van der Waals surface area contributed by atoms with Crippen molar-refractivity contribution < 1.29 is 23.9 Å². The molecule has 1 atom stereocenters. The largest absolute Gasteiger partial charge is 0.481 e. The van der Waals surface area contributed by atoms with Crippen LogP contribution in [0.25, 0.3) is 11.1 Å². The van der Waals surface area contributed by atoms with Crippen LogP contribution in [-0.2, 0) is 14.3 Å². The number of imide groups is 1. The minimum absolute atomic E-state index is 0.0616. The number of nitrogens with one attached hydrogen (secondary N) is 2. The molecule has 0 radical (unpaired) electrons. The lowest BCUT2D eigenvalue weighted by molar-refractivity contribution is -0.150. The molecule has 2 aromatic carbocycles. The highest BCUT2D eigenvalue weighted by molar-refractivity contribution is 5.95. The standard InChI is InChI=1S/C21H24N2O5/c1-3-15(2)22-21(26)23-19(24)13-28-20(25)14-27-18-12-8-7-11-17(18)16-9-5-4-6-10-16/h4-12,15H,3,13-14H2,1-2H3,(H2,22,23,24,26)/t15-/m1/s1. The van der Waals surface area contributed by atoms with Crippen LogP contribution in [0.15, 0.2) is 54.6 Å². The van der Waals surface area contributed by atoms with Gasteiger partial charge in [0.1, 0.15) is 5.75 Å². The van der Waals surface area contributed by atoms with Gasteiger partial charge in [-0.25, -0.2) is 9.59 Å². The Morgan fingerprint density at radius 3 is 2.36 bits per heavy atom. The smallest absolute Gasteiger partial charge is 0.344 e. The maximum Gasteiger partial charge on any atom is 0.344 e. The van der Waals surface area contributed by atoms with Crippen LogP contribution in [0.1, 0.15) is 20.3 Å². The SMILES string of the molecule is CC[C@@H](C)NC(=O)NC(=O)COC(=O)COc1ccccc1-c1ccccc1. The number of ether oxygens (including phenoxy) is 2. The number of amides is 3. The van der Waals surface area contributed by atoms with Gasteiger partial charge in [-0.2, -0.15) is 0 Å². The molecule has 148 valence electrons.